The zero-order chi connectivity index (χ0) is 12.2. The lowest BCUT2D eigenvalue weighted by Gasteiger charge is -2.37. The van der Waals surface area contributed by atoms with E-state index in [2.05, 4.69) is 19.9 Å². The van der Waals surface area contributed by atoms with Gasteiger partial charge in [-0.25, -0.2) is 4.98 Å². The first-order valence-electron chi connectivity index (χ1n) is 7.20. The standard InChI is InChI=1S/C13H23N5/c1(2-7-18-12-14-11-15-18)5-16-8-9-17-6-3-4-13(17)10-16/h11-13H,1-10H2. The van der Waals surface area contributed by atoms with E-state index >= 15 is 0 Å². The second kappa shape index (κ2) is 5.80. The fraction of sp³-hybridized carbons (Fsp3) is 0.846. The van der Waals surface area contributed by atoms with E-state index in [0.29, 0.717) is 0 Å². The van der Waals surface area contributed by atoms with Crippen LogP contribution in [0.15, 0.2) is 12.7 Å². The molecule has 0 spiro atoms. The fourth-order valence-corrected chi connectivity index (χ4v) is 3.22. The minimum atomic E-state index is 0.856. The maximum Gasteiger partial charge on any atom is 0.137 e. The molecule has 100 valence electrons. The summed E-state index contributed by atoms with van der Waals surface area (Å²) in [5.74, 6) is 0. The Balaban J connectivity index is 1.34. The topological polar surface area (TPSA) is 37.2 Å². The average Bonchev–Trinajstić information content (AvgIpc) is 3.05. The predicted octanol–water partition coefficient (Wildman–Crippen LogP) is 0.838. The maximum absolute atomic E-state index is 4.13. The number of aromatic nitrogens is 3. The van der Waals surface area contributed by atoms with Crippen molar-refractivity contribution in [2.45, 2.75) is 38.3 Å². The second-order valence-corrected chi connectivity index (χ2v) is 5.50. The zero-order valence-corrected chi connectivity index (χ0v) is 11.0. The number of fused-ring (bicyclic) bond motifs is 1. The zero-order valence-electron chi connectivity index (χ0n) is 11.0. The normalized spacial score (nSPS) is 25.4. The molecule has 0 bridgehead atoms. The molecule has 0 aliphatic carbocycles. The molecule has 0 saturated carbocycles. The molecule has 2 aliphatic heterocycles. The Morgan fingerprint density at radius 1 is 1.11 bits per heavy atom. The van der Waals surface area contributed by atoms with E-state index in [9.17, 15) is 0 Å². The predicted molar refractivity (Wildman–Crippen MR) is 70.3 cm³/mol. The molecule has 1 aromatic heterocycles. The molecule has 2 aliphatic rings. The smallest absolute Gasteiger partial charge is 0.137 e. The lowest BCUT2D eigenvalue weighted by Crippen LogP contribution is -2.50. The Hall–Kier alpha value is -0.940. The van der Waals surface area contributed by atoms with Crippen LogP contribution < -0.4 is 0 Å². The molecule has 0 aromatic carbocycles. The number of unbranched alkanes of at least 4 members (excludes halogenated alkanes) is 1. The van der Waals surface area contributed by atoms with Gasteiger partial charge in [0, 0.05) is 32.2 Å². The van der Waals surface area contributed by atoms with Crippen molar-refractivity contribution in [1.29, 1.82) is 0 Å². The summed E-state index contributed by atoms with van der Waals surface area (Å²) in [5.41, 5.74) is 0. The van der Waals surface area contributed by atoms with E-state index in [4.69, 9.17) is 0 Å². The van der Waals surface area contributed by atoms with Crippen molar-refractivity contribution in [3.63, 3.8) is 0 Å². The van der Waals surface area contributed by atoms with Crippen molar-refractivity contribution < 1.29 is 0 Å². The number of nitrogens with zero attached hydrogens (tertiary/aromatic N) is 5. The molecule has 2 fully saturated rings. The molecule has 0 radical (unpaired) electrons. The Bertz CT molecular complexity index is 350. The third-order valence-electron chi connectivity index (χ3n) is 4.25. The molecular weight excluding hydrogens is 226 g/mol. The molecule has 3 heterocycles. The van der Waals surface area contributed by atoms with Crippen molar-refractivity contribution in [2.24, 2.45) is 0 Å². The summed E-state index contributed by atoms with van der Waals surface area (Å²) in [6.45, 7) is 7.43. The highest BCUT2D eigenvalue weighted by Gasteiger charge is 2.29. The summed E-state index contributed by atoms with van der Waals surface area (Å²) >= 11 is 0. The SMILES string of the molecule is c1ncn(CCCCN2CCN3CCCC3C2)n1. The highest BCUT2D eigenvalue weighted by atomic mass is 15.3. The van der Waals surface area contributed by atoms with Crippen LogP contribution in [0.25, 0.3) is 0 Å². The number of hydrogen-bond acceptors (Lipinski definition) is 4. The number of piperazine rings is 1. The maximum atomic E-state index is 4.13. The second-order valence-electron chi connectivity index (χ2n) is 5.50. The average molecular weight is 249 g/mol. The van der Waals surface area contributed by atoms with Gasteiger partial charge in [0.1, 0.15) is 12.7 Å². The molecule has 18 heavy (non-hydrogen) atoms. The van der Waals surface area contributed by atoms with Crippen molar-refractivity contribution in [3.05, 3.63) is 12.7 Å². The van der Waals surface area contributed by atoms with Crippen molar-refractivity contribution in [3.8, 4) is 0 Å². The van der Waals surface area contributed by atoms with Crippen LogP contribution in [-0.4, -0.2) is 63.3 Å². The molecule has 0 N–H and O–H groups in total. The summed E-state index contributed by atoms with van der Waals surface area (Å²) in [5, 5.41) is 4.13. The summed E-state index contributed by atoms with van der Waals surface area (Å²) in [4.78, 5) is 9.28. The van der Waals surface area contributed by atoms with Gasteiger partial charge in [-0.3, -0.25) is 9.58 Å². The van der Waals surface area contributed by atoms with Crippen LogP contribution in [0.3, 0.4) is 0 Å². The number of rotatable bonds is 5. The molecule has 0 amide bonds. The molecule has 1 aromatic rings. The molecule has 3 rings (SSSR count). The van der Waals surface area contributed by atoms with Gasteiger partial charge in [0.05, 0.1) is 0 Å². The molecule has 1 unspecified atom stereocenters. The third kappa shape index (κ3) is 2.90. The van der Waals surface area contributed by atoms with Gasteiger partial charge in [-0.1, -0.05) is 0 Å². The van der Waals surface area contributed by atoms with E-state index in [1.807, 2.05) is 4.68 Å². The van der Waals surface area contributed by atoms with Gasteiger partial charge in [0.25, 0.3) is 0 Å². The summed E-state index contributed by atoms with van der Waals surface area (Å²) in [7, 11) is 0. The number of aryl methyl sites for hydroxylation is 1. The van der Waals surface area contributed by atoms with Gasteiger partial charge < -0.3 is 4.90 Å². The van der Waals surface area contributed by atoms with Crippen LogP contribution in [0, 0.1) is 0 Å². The quantitative estimate of drug-likeness (QED) is 0.725. The van der Waals surface area contributed by atoms with Gasteiger partial charge in [-0.2, -0.15) is 5.10 Å². The van der Waals surface area contributed by atoms with Crippen LogP contribution in [0.2, 0.25) is 0 Å². The largest absolute Gasteiger partial charge is 0.301 e. The third-order valence-corrected chi connectivity index (χ3v) is 4.25. The Morgan fingerprint density at radius 2 is 2.06 bits per heavy atom. The van der Waals surface area contributed by atoms with Gasteiger partial charge >= 0.3 is 0 Å². The van der Waals surface area contributed by atoms with E-state index in [1.54, 1.807) is 12.7 Å². The minimum absolute atomic E-state index is 0.856. The summed E-state index contributed by atoms with van der Waals surface area (Å²) in [6.07, 6.45) is 8.71. The van der Waals surface area contributed by atoms with Gasteiger partial charge in [-0.05, 0) is 38.8 Å². The summed E-state index contributed by atoms with van der Waals surface area (Å²) < 4.78 is 1.93. The van der Waals surface area contributed by atoms with Gasteiger partial charge in [0.15, 0.2) is 0 Å². The van der Waals surface area contributed by atoms with Crippen LogP contribution >= 0.6 is 0 Å². The number of hydrogen-bond donors (Lipinski definition) is 0. The Morgan fingerprint density at radius 3 is 2.94 bits per heavy atom. The fourth-order valence-electron chi connectivity index (χ4n) is 3.22. The van der Waals surface area contributed by atoms with E-state index in [-0.39, 0.29) is 0 Å². The van der Waals surface area contributed by atoms with E-state index in [1.165, 1.54) is 58.4 Å². The Labute approximate surface area is 109 Å². The van der Waals surface area contributed by atoms with Crippen LogP contribution in [0.5, 0.6) is 0 Å². The lowest BCUT2D eigenvalue weighted by atomic mass is 10.1. The van der Waals surface area contributed by atoms with Crippen LogP contribution in [-0.2, 0) is 6.54 Å². The summed E-state index contributed by atoms with van der Waals surface area (Å²) in [6, 6.07) is 0.856. The molecular formula is C13H23N5. The first-order chi connectivity index (χ1) is 8.92. The van der Waals surface area contributed by atoms with Crippen LogP contribution in [0.4, 0.5) is 0 Å². The van der Waals surface area contributed by atoms with E-state index in [0.717, 1.165) is 12.6 Å². The minimum Gasteiger partial charge on any atom is -0.301 e. The van der Waals surface area contributed by atoms with Crippen molar-refractivity contribution in [1.82, 2.24) is 24.6 Å². The van der Waals surface area contributed by atoms with Crippen LogP contribution in [0.1, 0.15) is 25.7 Å². The Kier molecular flexibility index (Phi) is 3.90. The molecule has 5 nitrogen and oxygen atoms in total. The first-order valence-corrected chi connectivity index (χ1v) is 7.20. The van der Waals surface area contributed by atoms with E-state index < -0.39 is 0 Å². The molecule has 1 atom stereocenters. The molecule has 5 heteroatoms. The van der Waals surface area contributed by atoms with Gasteiger partial charge in [0.2, 0.25) is 0 Å². The monoisotopic (exact) mass is 249 g/mol. The van der Waals surface area contributed by atoms with Gasteiger partial charge in [-0.15, -0.1) is 0 Å². The first kappa shape index (κ1) is 12.1. The highest BCUT2D eigenvalue weighted by Crippen LogP contribution is 2.21. The highest BCUT2D eigenvalue weighted by molar-refractivity contribution is 4.86. The lowest BCUT2D eigenvalue weighted by molar-refractivity contribution is 0.103. The van der Waals surface area contributed by atoms with Crippen molar-refractivity contribution in [2.75, 3.05) is 32.7 Å². The van der Waals surface area contributed by atoms with Crippen molar-refractivity contribution >= 4 is 0 Å². The molecule has 2 saturated heterocycles.